The molecule has 2 heterocycles. The number of carbonyl (C=O) groups is 2. The molecule has 1 fully saturated rings. The number of benzene rings is 3. The molecule has 1 atom stereocenters. The summed E-state index contributed by atoms with van der Waals surface area (Å²) < 4.78 is 1.73. The van der Waals surface area contributed by atoms with Gasteiger partial charge in [0.1, 0.15) is 11.5 Å². The number of hydrogen-bond donors (Lipinski definition) is 2. The van der Waals surface area contributed by atoms with Crippen LogP contribution in [0.1, 0.15) is 29.7 Å². The molecule has 1 aliphatic rings. The van der Waals surface area contributed by atoms with Gasteiger partial charge in [-0.15, -0.1) is 0 Å². The molecule has 0 radical (unpaired) electrons. The number of phenolic OH excluding ortho intramolecular Hbond substituents is 1. The van der Waals surface area contributed by atoms with E-state index in [2.05, 4.69) is 27.8 Å². The quantitative estimate of drug-likeness (QED) is 0.191. The van der Waals surface area contributed by atoms with Crippen LogP contribution in [0, 0.1) is 0 Å². The van der Waals surface area contributed by atoms with Gasteiger partial charge >= 0.3 is 5.91 Å². The number of fused-ring (bicyclic) bond motifs is 1. The molecule has 1 aromatic heterocycles. The van der Waals surface area contributed by atoms with E-state index in [1.54, 1.807) is 36.4 Å². The van der Waals surface area contributed by atoms with Gasteiger partial charge in [0.05, 0.1) is 21.8 Å². The first-order chi connectivity index (χ1) is 16.4. The number of aliphatic hydroxyl groups excluding tert-OH is 1. The van der Waals surface area contributed by atoms with E-state index in [0.717, 1.165) is 26.7 Å². The van der Waals surface area contributed by atoms with Crippen LogP contribution in [-0.4, -0.2) is 26.9 Å². The van der Waals surface area contributed by atoms with Crippen molar-refractivity contribution in [3.05, 3.63) is 93.5 Å². The molecule has 5 rings (SSSR count). The van der Waals surface area contributed by atoms with Crippen LogP contribution in [0.15, 0.2) is 76.8 Å². The van der Waals surface area contributed by atoms with E-state index >= 15 is 0 Å². The van der Waals surface area contributed by atoms with Gasteiger partial charge in [-0.1, -0.05) is 64.5 Å². The molecule has 6 nitrogen and oxygen atoms in total. The highest BCUT2D eigenvalue weighted by Gasteiger charge is 2.48. The number of aromatic nitrogens is 1. The largest absolute Gasteiger partial charge is 0.508 e. The summed E-state index contributed by atoms with van der Waals surface area (Å²) in [6.07, 6.45) is 0.869. The van der Waals surface area contributed by atoms with Crippen LogP contribution in [0.25, 0.3) is 16.0 Å². The fourth-order valence-electron chi connectivity index (χ4n) is 4.04. The van der Waals surface area contributed by atoms with E-state index in [9.17, 15) is 19.8 Å². The second-order valence-corrected chi connectivity index (χ2v) is 9.84. The van der Waals surface area contributed by atoms with Crippen molar-refractivity contribution in [3.8, 4) is 5.75 Å². The molecule has 4 aromatic rings. The third-order valence-electron chi connectivity index (χ3n) is 5.83. The molecule has 2 N–H and O–H groups in total. The van der Waals surface area contributed by atoms with Crippen LogP contribution in [-0.2, 0) is 16.0 Å². The standard InChI is InChI=1S/C26H19BrN2O4S/c1-2-14-3-12-19-20(13-14)34-26(28-19)29-22(15-6-10-18(30)11-7-15)21(24(32)25(29)33)23(31)16-4-8-17(27)9-5-16/h3-13,22,30-31H,2H2,1H3/b23-21+. The van der Waals surface area contributed by atoms with Gasteiger partial charge < -0.3 is 10.2 Å². The third kappa shape index (κ3) is 3.78. The molecule has 0 bridgehead atoms. The fourth-order valence-corrected chi connectivity index (χ4v) is 5.37. The number of anilines is 1. The van der Waals surface area contributed by atoms with Crippen LogP contribution in [0.3, 0.4) is 0 Å². The monoisotopic (exact) mass is 534 g/mol. The van der Waals surface area contributed by atoms with E-state index in [1.165, 1.54) is 28.4 Å². The Hall–Kier alpha value is -3.49. The van der Waals surface area contributed by atoms with Crippen molar-refractivity contribution in [1.82, 2.24) is 4.98 Å². The summed E-state index contributed by atoms with van der Waals surface area (Å²) in [6.45, 7) is 2.06. The smallest absolute Gasteiger partial charge is 0.301 e. The highest BCUT2D eigenvalue weighted by molar-refractivity contribution is 9.10. The molecule has 1 unspecified atom stereocenters. The highest BCUT2D eigenvalue weighted by atomic mass is 79.9. The summed E-state index contributed by atoms with van der Waals surface area (Å²) in [5.74, 6) is -1.75. The molecule has 8 heteroatoms. The fraction of sp³-hybridized carbons (Fsp3) is 0.115. The summed E-state index contributed by atoms with van der Waals surface area (Å²) in [5.41, 5.74) is 2.85. The molecule has 0 saturated carbocycles. The van der Waals surface area contributed by atoms with E-state index in [1.807, 2.05) is 18.2 Å². The third-order valence-corrected chi connectivity index (χ3v) is 7.37. The van der Waals surface area contributed by atoms with E-state index in [-0.39, 0.29) is 17.1 Å². The minimum absolute atomic E-state index is 0.0217. The average molecular weight is 535 g/mol. The molecule has 1 saturated heterocycles. The molecule has 1 aliphatic heterocycles. The minimum atomic E-state index is -0.893. The number of phenols is 1. The molecule has 34 heavy (non-hydrogen) atoms. The number of Topliss-reactive ketones (excluding diaryl/α,β-unsaturated/α-hetero) is 1. The van der Waals surface area contributed by atoms with Crippen molar-refractivity contribution in [1.29, 1.82) is 0 Å². The zero-order chi connectivity index (χ0) is 24.0. The number of rotatable bonds is 4. The molecule has 1 amide bonds. The van der Waals surface area contributed by atoms with Gasteiger partial charge in [-0.25, -0.2) is 4.98 Å². The highest BCUT2D eigenvalue weighted by Crippen LogP contribution is 2.44. The minimum Gasteiger partial charge on any atom is -0.508 e. The molecule has 170 valence electrons. The molecule has 3 aromatic carbocycles. The Kier molecular flexibility index (Phi) is 5.71. The van der Waals surface area contributed by atoms with E-state index in [0.29, 0.717) is 16.3 Å². The Morgan fingerprint density at radius 1 is 1.06 bits per heavy atom. The number of amides is 1. The second-order valence-electron chi connectivity index (χ2n) is 7.92. The van der Waals surface area contributed by atoms with Gasteiger partial charge in [0.2, 0.25) is 0 Å². The lowest BCUT2D eigenvalue weighted by Crippen LogP contribution is -2.29. The first kappa shape index (κ1) is 22.3. The van der Waals surface area contributed by atoms with Crippen molar-refractivity contribution in [2.75, 3.05) is 4.90 Å². The molecular formula is C26H19BrN2O4S. The van der Waals surface area contributed by atoms with Crippen LogP contribution in [0.5, 0.6) is 5.75 Å². The number of ketones is 1. The Morgan fingerprint density at radius 3 is 2.44 bits per heavy atom. The molecular weight excluding hydrogens is 516 g/mol. The maximum atomic E-state index is 13.3. The van der Waals surface area contributed by atoms with Crippen molar-refractivity contribution in [2.24, 2.45) is 0 Å². The van der Waals surface area contributed by atoms with Crippen molar-refractivity contribution in [3.63, 3.8) is 0 Å². The van der Waals surface area contributed by atoms with Crippen molar-refractivity contribution in [2.45, 2.75) is 19.4 Å². The van der Waals surface area contributed by atoms with Gasteiger partial charge in [-0.3, -0.25) is 14.5 Å². The first-order valence-electron chi connectivity index (χ1n) is 10.6. The number of aromatic hydroxyl groups is 1. The summed E-state index contributed by atoms with van der Waals surface area (Å²) >= 11 is 4.69. The predicted molar refractivity (Wildman–Crippen MR) is 136 cm³/mol. The maximum absolute atomic E-state index is 13.3. The summed E-state index contributed by atoms with van der Waals surface area (Å²) in [7, 11) is 0. The Bertz CT molecular complexity index is 1460. The van der Waals surface area contributed by atoms with Crippen molar-refractivity contribution >= 4 is 60.1 Å². The topological polar surface area (TPSA) is 90.7 Å². The molecule has 0 aliphatic carbocycles. The zero-order valence-electron chi connectivity index (χ0n) is 18.0. The number of carbonyl (C=O) groups excluding carboxylic acids is 2. The Labute approximate surface area is 207 Å². The van der Waals surface area contributed by atoms with Crippen LogP contribution >= 0.6 is 27.3 Å². The summed E-state index contributed by atoms with van der Waals surface area (Å²) in [5, 5.41) is 21.3. The first-order valence-corrected chi connectivity index (χ1v) is 12.2. The lowest BCUT2D eigenvalue weighted by molar-refractivity contribution is -0.132. The number of thiazole rings is 1. The van der Waals surface area contributed by atoms with Gasteiger partial charge in [-0.2, -0.15) is 0 Å². The molecule has 0 spiro atoms. The van der Waals surface area contributed by atoms with Gasteiger partial charge in [0.25, 0.3) is 5.78 Å². The van der Waals surface area contributed by atoms with E-state index < -0.39 is 17.7 Å². The lowest BCUT2D eigenvalue weighted by atomic mass is 9.95. The zero-order valence-corrected chi connectivity index (χ0v) is 20.4. The van der Waals surface area contributed by atoms with Crippen LogP contribution in [0.4, 0.5) is 5.13 Å². The van der Waals surface area contributed by atoms with Crippen LogP contribution in [0.2, 0.25) is 0 Å². The van der Waals surface area contributed by atoms with E-state index in [4.69, 9.17) is 0 Å². The van der Waals surface area contributed by atoms with Gasteiger partial charge in [-0.05, 0) is 53.9 Å². The van der Waals surface area contributed by atoms with Gasteiger partial charge in [0, 0.05) is 10.0 Å². The van der Waals surface area contributed by atoms with Crippen LogP contribution < -0.4 is 4.90 Å². The Balaban J connectivity index is 1.71. The Morgan fingerprint density at radius 2 is 1.76 bits per heavy atom. The number of nitrogens with zero attached hydrogens (tertiary/aromatic N) is 2. The summed E-state index contributed by atoms with van der Waals surface area (Å²) in [6, 6.07) is 18.1. The predicted octanol–water partition coefficient (Wildman–Crippen LogP) is 5.95. The maximum Gasteiger partial charge on any atom is 0.301 e. The average Bonchev–Trinajstić information content (AvgIpc) is 3.37. The number of halogens is 1. The lowest BCUT2D eigenvalue weighted by Gasteiger charge is -2.23. The SMILES string of the molecule is CCc1ccc2nc(N3C(=O)C(=O)/C(=C(/O)c4ccc(Br)cc4)C3c3ccc(O)cc3)sc2c1. The normalized spacial score (nSPS) is 17.6. The van der Waals surface area contributed by atoms with Crippen molar-refractivity contribution < 1.29 is 19.8 Å². The van der Waals surface area contributed by atoms with Gasteiger partial charge in [0.15, 0.2) is 5.13 Å². The summed E-state index contributed by atoms with van der Waals surface area (Å²) in [4.78, 5) is 32.5. The number of aryl methyl sites for hydroxylation is 1. The second kappa shape index (κ2) is 8.70. The number of aliphatic hydroxyl groups is 1. The number of hydrogen-bond acceptors (Lipinski definition) is 6.